The van der Waals surface area contributed by atoms with E-state index in [0.717, 1.165) is 12.2 Å². The van der Waals surface area contributed by atoms with Crippen molar-refractivity contribution in [3.05, 3.63) is 30.1 Å². The minimum atomic E-state index is 0.482. The second-order valence-corrected chi connectivity index (χ2v) is 4.49. The maximum absolute atomic E-state index is 4.98. The van der Waals surface area contributed by atoms with Crippen LogP contribution in [0.1, 0.15) is 18.5 Å². The largest absolute Gasteiger partial charge is 0.480 e. The molecule has 1 N–H and O–H groups in total. The van der Waals surface area contributed by atoms with E-state index in [0.29, 0.717) is 23.4 Å². The Hall–Kier alpha value is -2.08. The molecular weight excluding hydrogens is 242 g/mol. The van der Waals surface area contributed by atoms with Gasteiger partial charge in [0.05, 0.1) is 12.8 Å². The highest BCUT2D eigenvalue weighted by Crippen LogP contribution is 2.19. The van der Waals surface area contributed by atoms with Gasteiger partial charge >= 0.3 is 0 Å². The highest BCUT2D eigenvalue weighted by molar-refractivity contribution is 5.48. The Labute approximate surface area is 111 Å². The number of methoxy groups -OCH3 is 1. The number of rotatable bonds is 5. The monoisotopic (exact) mass is 257 g/mol. The van der Waals surface area contributed by atoms with E-state index >= 15 is 0 Å². The van der Waals surface area contributed by atoms with Crippen LogP contribution in [0.25, 0.3) is 11.5 Å². The van der Waals surface area contributed by atoms with Gasteiger partial charge in [0.1, 0.15) is 5.69 Å². The molecule has 1 fully saturated rings. The van der Waals surface area contributed by atoms with Crippen LogP contribution < -0.4 is 10.1 Å². The van der Waals surface area contributed by atoms with Crippen LogP contribution in [0.15, 0.2) is 24.4 Å². The number of hydrogen-bond donors (Lipinski definition) is 1. The lowest BCUT2D eigenvalue weighted by Gasteiger charge is -2.04. The summed E-state index contributed by atoms with van der Waals surface area (Å²) in [5, 5.41) is 11.4. The highest BCUT2D eigenvalue weighted by atomic mass is 16.5. The maximum atomic E-state index is 4.98. The fourth-order valence-electron chi connectivity index (χ4n) is 1.70. The van der Waals surface area contributed by atoms with E-state index in [1.165, 1.54) is 12.8 Å². The van der Waals surface area contributed by atoms with Gasteiger partial charge in [0.25, 0.3) is 0 Å². The molecule has 19 heavy (non-hydrogen) atoms. The van der Waals surface area contributed by atoms with Crippen LogP contribution >= 0.6 is 0 Å². The fraction of sp³-hybridized carbons (Fsp3) is 0.385. The zero-order valence-electron chi connectivity index (χ0n) is 10.7. The second kappa shape index (κ2) is 5.27. The topological polar surface area (TPSA) is 72.8 Å². The summed E-state index contributed by atoms with van der Waals surface area (Å²) in [7, 11) is 1.56. The first-order valence-corrected chi connectivity index (χ1v) is 6.28. The van der Waals surface area contributed by atoms with Crippen molar-refractivity contribution in [2.24, 2.45) is 0 Å². The molecule has 0 aliphatic heterocycles. The smallest absolute Gasteiger partial charge is 0.233 e. The molecular formula is C13H15N5O. The Morgan fingerprint density at radius 3 is 2.84 bits per heavy atom. The predicted molar refractivity (Wildman–Crippen MR) is 69.5 cm³/mol. The molecule has 3 rings (SSSR count). The lowest BCUT2D eigenvalue weighted by Crippen LogP contribution is -2.16. The first kappa shape index (κ1) is 12.0. The zero-order chi connectivity index (χ0) is 13.1. The molecule has 0 radical (unpaired) electrons. The Kier molecular flexibility index (Phi) is 3.33. The first-order valence-electron chi connectivity index (χ1n) is 6.28. The number of hydrogen-bond acceptors (Lipinski definition) is 6. The molecule has 0 atom stereocenters. The average Bonchev–Trinajstić information content (AvgIpc) is 3.30. The molecule has 2 aromatic heterocycles. The maximum Gasteiger partial charge on any atom is 0.233 e. The predicted octanol–water partition coefficient (Wildman–Crippen LogP) is 1.19. The van der Waals surface area contributed by atoms with Crippen LogP contribution in [0, 0.1) is 0 Å². The molecule has 2 aromatic rings. The van der Waals surface area contributed by atoms with Gasteiger partial charge in [-0.1, -0.05) is 0 Å². The first-order chi connectivity index (χ1) is 9.35. The summed E-state index contributed by atoms with van der Waals surface area (Å²) in [6, 6.07) is 6.13. The van der Waals surface area contributed by atoms with Crippen molar-refractivity contribution in [2.75, 3.05) is 7.11 Å². The fourth-order valence-corrected chi connectivity index (χ4v) is 1.70. The third-order valence-corrected chi connectivity index (χ3v) is 2.94. The molecule has 6 heteroatoms. The third-order valence-electron chi connectivity index (χ3n) is 2.94. The molecule has 98 valence electrons. The Balaban J connectivity index is 1.76. The standard InChI is InChI=1S/C13H15N5O/c1-19-12-5-4-11(17-18-12)13-14-7-6-10(16-13)8-15-9-2-3-9/h4-7,9,15H,2-3,8H2,1H3. The summed E-state index contributed by atoms with van der Waals surface area (Å²) < 4.78 is 4.98. The normalized spacial score (nSPS) is 14.4. The van der Waals surface area contributed by atoms with E-state index in [-0.39, 0.29) is 0 Å². The van der Waals surface area contributed by atoms with Crippen LogP contribution in [0.5, 0.6) is 5.88 Å². The van der Waals surface area contributed by atoms with Gasteiger partial charge in [-0.3, -0.25) is 0 Å². The highest BCUT2D eigenvalue weighted by Gasteiger charge is 2.20. The van der Waals surface area contributed by atoms with E-state index in [1.807, 2.05) is 6.07 Å². The van der Waals surface area contributed by atoms with Gasteiger partial charge in [-0.2, -0.15) is 0 Å². The van der Waals surface area contributed by atoms with Crippen LogP contribution in [0.2, 0.25) is 0 Å². The second-order valence-electron chi connectivity index (χ2n) is 4.49. The minimum absolute atomic E-state index is 0.482. The molecule has 0 saturated heterocycles. The van der Waals surface area contributed by atoms with Crippen molar-refractivity contribution in [2.45, 2.75) is 25.4 Å². The summed E-state index contributed by atoms with van der Waals surface area (Å²) >= 11 is 0. The van der Waals surface area contributed by atoms with Gasteiger partial charge in [-0.25, -0.2) is 9.97 Å². The number of nitrogens with zero attached hydrogens (tertiary/aromatic N) is 4. The molecule has 1 aliphatic rings. The molecule has 1 saturated carbocycles. The molecule has 6 nitrogen and oxygen atoms in total. The quantitative estimate of drug-likeness (QED) is 0.867. The number of aromatic nitrogens is 4. The molecule has 0 unspecified atom stereocenters. The lowest BCUT2D eigenvalue weighted by molar-refractivity contribution is 0.392. The Morgan fingerprint density at radius 1 is 1.26 bits per heavy atom. The molecule has 2 heterocycles. The number of nitrogens with one attached hydrogen (secondary N) is 1. The van der Waals surface area contributed by atoms with Gasteiger partial charge < -0.3 is 10.1 Å². The summed E-state index contributed by atoms with van der Waals surface area (Å²) in [5.74, 6) is 1.07. The van der Waals surface area contributed by atoms with Crippen molar-refractivity contribution in [3.8, 4) is 17.4 Å². The van der Waals surface area contributed by atoms with Crippen molar-refractivity contribution in [1.82, 2.24) is 25.5 Å². The van der Waals surface area contributed by atoms with Gasteiger partial charge in [-0.15, -0.1) is 10.2 Å². The van der Waals surface area contributed by atoms with Crippen molar-refractivity contribution in [3.63, 3.8) is 0 Å². The molecule has 0 aromatic carbocycles. The molecule has 1 aliphatic carbocycles. The summed E-state index contributed by atoms with van der Waals surface area (Å²) in [4.78, 5) is 8.71. The van der Waals surface area contributed by atoms with E-state index in [9.17, 15) is 0 Å². The summed E-state index contributed by atoms with van der Waals surface area (Å²) in [6.45, 7) is 0.768. The van der Waals surface area contributed by atoms with E-state index in [2.05, 4.69) is 25.5 Å². The van der Waals surface area contributed by atoms with Crippen LogP contribution in [0.3, 0.4) is 0 Å². The van der Waals surface area contributed by atoms with Crippen LogP contribution in [0.4, 0.5) is 0 Å². The summed E-state index contributed by atoms with van der Waals surface area (Å²) in [6.07, 6.45) is 4.28. The van der Waals surface area contributed by atoms with E-state index in [1.54, 1.807) is 25.4 Å². The van der Waals surface area contributed by atoms with Crippen molar-refractivity contribution >= 4 is 0 Å². The molecule has 0 spiro atoms. The zero-order valence-corrected chi connectivity index (χ0v) is 10.7. The van der Waals surface area contributed by atoms with Gasteiger partial charge in [0, 0.05) is 24.8 Å². The number of ether oxygens (including phenoxy) is 1. The Bertz CT molecular complexity index is 553. The van der Waals surface area contributed by atoms with Crippen LogP contribution in [-0.2, 0) is 6.54 Å². The SMILES string of the molecule is COc1ccc(-c2nccc(CNC3CC3)n2)nn1. The third kappa shape index (κ3) is 3.03. The Morgan fingerprint density at radius 2 is 2.16 bits per heavy atom. The van der Waals surface area contributed by atoms with E-state index < -0.39 is 0 Å². The van der Waals surface area contributed by atoms with Gasteiger partial charge in [0.15, 0.2) is 5.82 Å². The van der Waals surface area contributed by atoms with Gasteiger partial charge in [-0.05, 0) is 25.0 Å². The molecule has 0 amide bonds. The minimum Gasteiger partial charge on any atom is -0.480 e. The van der Waals surface area contributed by atoms with Crippen molar-refractivity contribution in [1.29, 1.82) is 0 Å². The average molecular weight is 257 g/mol. The van der Waals surface area contributed by atoms with E-state index in [4.69, 9.17) is 4.74 Å². The molecule has 0 bridgehead atoms. The lowest BCUT2D eigenvalue weighted by atomic mass is 10.3. The van der Waals surface area contributed by atoms with Gasteiger partial charge in [0.2, 0.25) is 5.88 Å². The summed E-state index contributed by atoms with van der Waals surface area (Å²) in [5.41, 5.74) is 1.61. The van der Waals surface area contributed by atoms with Crippen LogP contribution in [-0.4, -0.2) is 33.3 Å². The van der Waals surface area contributed by atoms with Crippen molar-refractivity contribution < 1.29 is 4.74 Å².